The van der Waals surface area contributed by atoms with Crippen LogP contribution in [0.15, 0.2) is 108 Å². The van der Waals surface area contributed by atoms with Gasteiger partial charge in [-0.1, -0.05) is 103 Å². The number of carboxylic acids is 1. The quantitative estimate of drug-likeness (QED) is 0.0244. The molecule has 71 heavy (non-hydrogen) atoms. The molecule has 0 heterocycles. The van der Waals surface area contributed by atoms with Crippen LogP contribution in [0.3, 0.4) is 0 Å². The Kier molecular flexibility index (Phi) is 20.4. The summed E-state index contributed by atoms with van der Waals surface area (Å²) in [6, 6.07) is 25.6. The van der Waals surface area contributed by atoms with Crippen LogP contribution >= 0.6 is 0 Å². The number of guanidine groups is 1. The zero-order valence-corrected chi connectivity index (χ0v) is 40.3. The van der Waals surface area contributed by atoms with Gasteiger partial charge in [-0.25, -0.2) is 0 Å². The molecule has 380 valence electrons. The number of aliphatic imine (C=N–C) groups is 1. The van der Waals surface area contributed by atoms with Gasteiger partial charge in [0.05, 0.1) is 12.5 Å². The first-order chi connectivity index (χ1) is 34.0. The van der Waals surface area contributed by atoms with E-state index in [-0.39, 0.29) is 63.4 Å². The molecule has 6 amide bonds. The lowest BCUT2D eigenvalue weighted by atomic mass is 9.73. The van der Waals surface area contributed by atoms with Crippen molar-refractivity contribution < 1.29 is 38.7 Å². The average molecular weight is 976 g/mol. The number of hydrogen-bond donors (Lipinski definition) is 10. The van der Waals surface area contributed by atoms with E-state index in [1.807, 2.05) is 72.8 Å². The van der Waals surface area contributed by atoms with Gasteiger partial charge in [-0.15, -0.1) is 0 Å². The third-order valence-electron chi connectivity index (χ3n) is 13.1. The number of carbonyl (C=O) groups excluding carboxylic acids is 6. The van der Waals surface area contributed by atoms with Gasteiger partial charge in [0.15, 0.2) is 5.96 Å². The zero-order valence-electron chi connectivity index (χ0n) is 40.3. The van der Waals surface area contributed by atoms with Gasteiger partial charge in [-0.3, -0.25) is 38.6 Å². The zero-order chi connectivity index (χ0) is 51.5. The van der Waals surface area contributed by atoms with Crippen molar-refractivity contribution in [1.29, 1.82) is 0 Å². The molecule has 1 saturated carbocycles. The van der Waals surface area contributed by atoms with Crippen molar-refractivity contribution >= 4 is 58.1 Å². The van der Waals surface area contributed by atoms with E-state index in [1.165, 1.54) is 11.9 Å². The number of nitrogens with one attached hydrogen (secondary N) is 4. The number of amides is 6. The SMILES string of the molecule is CN(C(=O)[C@H](CCCN=C(N)N)NC(=O)[C@@H](Cc1ccccc1)NC(=O)C1(NC(=O)[C@@H](N)CC(=O)O)CCC(c2ccccc2)CC1)[C@@H](Cc1ccc2ccccc2c1)C(=O)N[C@@H](CCCCN)C(N)=O. The second-order valence-corrected chi connectivity index (χ2v) is 18.3. The molecule has 1 fully saturated rings. The van der Waals surface area contributed by atoms with Gasteiger partial charge in [0.1, 0.15) is 29.7 Å². The molecule has 0 unspecified atom stereocenters. The highest BCUT2D eigenvalue weighted by Crippen LogP contribution is 2.38. The van der Waals surface area contributed by atoms with Gasteiger partial charge in [-0.05, 0) is 97.7 Å². The number of nitrogens with two attached hydrogens (primary N) is 5. The van der Waals surface area contributed by atoms with Crippen molar-refractivity contribution in [3.05, 3.63) is 120 Å². The third-order valence-corrected chi connectivity index (χ3v) is 13.1. The summed E-state index contributed by atoms with van der Waals surface area (Å²) in [6.45, 7) is 0.472. The van der Waals surface area contributed by atoms with E-state index in [0.717, 1.165) is 16.3 Å². The van der Waals surface area contributed by atoms with E-state index in [4.69, 9.17) is 28.7 Å². The first-order valence-electron chi connectivity index (χ1n) is 24.1. The second kappa shape index (κ2) is 26.6. The topological polar surface area (TPSA) is 334 Å². The summed E-state index contributed by atoms with van der Waals surface area (Å²) in [5.41, 5.74) is 29.5. The first-order valence-corrected chi connectivity index (χ1v) is 24.1. The van der Waals surface area contributed by atoms with Crippen molar-refractivity contribution in [3.63, 3.8) is 0 Å². The summed E-state index contributed by atoms with van der Waals surface area (Å²) in [6.07, 6.45) is 2.08. The Balaban J connectivity index is 1.48. The number of aliphatic carboxylic acids is 1. The molecule has 19 nitrogen and oxygen atoms in total. The van der Waals surface area contributed by atoms with Crippen LogP contribution in [0.4, 0.5) is 0 Å². The Hall–Kier alpha value is -7.38. The fourth-order valence-corrected chi connectivity index (χ4v) is 9.02. The van der Waals surface area contributed by atoms with Crippen LogP contribution in [0.2, 0.25) is 0 Å². The van der Waals surface area contributed by atoms with Gasteiger partial charge in [-0.2, -0.15) is 0 Å². The van der Waals surface area contributed by atoms with Crippen molar-refractivity contribution in [1.82, 2.24) is 26.2 Å². The summed E-state index contributed by atoms with van der Waals surface area (Å²) in [7, 11) is 1.44. The van der Waals surface area contributed by atoms with Crippen LogP contribution in [0, 0.1) is 0 Å². The molecule has 4 aromatic carbocycles. The number of nitrogens with zero attached hydrogens (tertiary/aromatic N) is 2. The lowest BCUT2D eigenvalue weighted by Gasteiger charge is -2.41. The third kappa shape index (κ3) is 16.1. The summed E-state index contributed by atoms with van der Waals surface area (Å²) in [5.74, 6) is -5.75. The van der Waals surface area contributed by atoms with Gasteiger partial charge in [0.25, 0.3) is 0 Å². The molecule has 0 radical (unpaired) electrons. The normalized spacial score (nSPS) is 17.5. The van der Waals surface area contributed by atoms with Crippen LogP contribution in [0.25, 0.3) is 10.8 Å². The number of carboxylic acid groups (broad SMARTS) is 1. The highest BCUT2D eigenvalue weighted by molar-refractivity contribution is 5.98. The molecule has 5 atom stereocenters. The molecule has 0 aromatic heterocycles. The Morgan fingerprint density at radius 3 is 1.96 bits per heavy atom. The number of unbranched alkanes of at least 4 members (excludes halogenated alkanes) is 1. The molecule has 0 spiro atoms. The summed E-state index contributed by atoms with van der Waals surface area (Å²) in [5, 5.41) is 22.6. The summed E-state index contributed by atoms with van der Waals surface area (Å²) >= 11 is 0. The highest BCUT2D eigenvalue weighted by Gasteiger charge is 2.46. The fraction of sp³-hybridized carbons (Fsp3) is 0.423. The number of rotatable bonds is 26. The van der Waals surface area contributed by atoms with Crippen molar-refractivity contribution in [3.8, 4) is 0 Å². The maximum Gasteiger partial charge on any atom is 0.305 e. The van der Waals surface area contributed by atoms with Gasteiger partial charge in [0.2, 0.25) is 35.4 Å². The molecule has 0 aliphatic heterocycles. The van der Waals surface area contributed by atoms with Crippen LogP contribution in [-0.2, 0) is 46.4 Å². The molecule has 15 N–H and O–H groups in total. The van der Waals surface area contributed by atoms with Crippen LogP contribution < -0.4 is 49.9 Å². The Morgan fingerprint density at radius 1 is 0.704 bits per heavy atom. The lowest BCUT2D eigenvalue weighted by Crippen LogP contribution is -2.65. The smallest absolute Gasteiger partial charge is 0.305 e. The number of hydrogen-bond acceptors (Lipinski definition) is 10. The van der Waals surface area contributed by atoms with Crippen LogP contribution in [0.1, 0.15) is 86.8 Å². The first kappa shape index (κ1) is 54.6. The monoisotopic (exact) mass is 976 g/mol. The molecule has 5 rings (SSSR count). The molecule has 1 aliphatic carbocycles. The average Bonchev–Trinajstić information content (AvgIpc) is 3.35. The molecule has 4 aromatic rings. The highest BCUT2D eigenvalue weighted by atomic mass is 16.4. The Labute approximate surface area is 414 Å². The number of likely N-dealkylation sites (N-methyl/N-ethyl adjacent to an activating group) is 1. The standard InChI is InChI=1S/C52H69N11O8/c1-63(43(48(69)59-40(45(55)66)19-10-11-27-53)31-34-21-22-36-17-8-9-18-38(36)29-34)49(70)41(20-12-28-58-51(56)57)60-47(68)42(30-33-13-4-2-5-14-33)61-50(71)52(62-46(67)39(54)32-44(64)65)25-23-37(24-26-52)35-15-6-3-7-16-35/h2-9,13-18,21-22,29,37,39-43H,10-12,19-20,23-28,30-32,53-54H2,1H3,(H2,55,66)(H,59,69)(H,60,68)(H,61,71)(H,62,67)(H,64,65)(H4,56,57,58)/t37?,39-,40-,41-,42+,43-,52?/m0/s1. The fourth-order valence-electron chi connectivity index (χ4n) is 9.02. The maximum absolute atomic E-state index is 14.9. The minimum atomic E-state index is -1.58. The predicted octanol–water partition coefficient (Wildman–Crippen LogP) is 1.59. The molecular formula is C52H69N11O8. The summed E-state index contributed by atoms with van der Waals surface area (Å²) < 4.78 is 0. The van der Waals surface area contributed by atoms with Crippen molar-refractivity contribution in [2.45, 2.75) is 119 Å². The molecular weight excluding hydrogens is 907 g/mol. The van der Waals surface area contributed by atoms with E-state index >= 15 is 0 Å². The maximum atomic E-state index is 14.9. The molecule has 19 heteroatoms. The number of carbonyl (C=O) groups is 7. The predicted molar refractivity (Wildman–Crippen MR) is 271 cm³/mol. The van der Waals surface area contributed by atoms with E-state index in [0.29, 0.717) is 43.4 Å². The van der Waals surface area contributed by atoms with E-state index in [1.54, 1.807) is 30.3 Å². The number of primary amides is 1. The van der Waals surface area contributed by atoms with Crippen LogP contribution in [0.5, 0.6) is 0 Å². The molecule has 0 saturated heterocycles. The summed E-state index contributed by atoms with van der Waals surface area (Å²) in [4.78, 5) is 102. The molecule has 0 bridgehead atoms. The van der Waals surface area contributed by atoms with Gasteiger partial charge >= 0.3 is 5.97 Å². The van der Waals surface area contributed by atoms with E-state index in [2.05, 4.69) is 26.3 Å². The minimum absolute atomic E-state index is 0.00660. The largest absolute Gasteiger partial charge is 0.481 e. The lowest BCUT2D eigenvalue weighted by molar-refractivity contribution is -0.143. The molecule has 1 aliphatic rings. The van der Waals surface area contributed by atoms with Crippen molar-refractivity contribution in [2.75, 3.05) is 20.1 Å². The number of benzene rings is 4. The van der Waals surface area contributed by atoms with Crippen LogP contribution in [-0.4, -0.2) is 113 Å². The van der Waals surface area contributed by atoms with E-state index < -0.39 is 83.6 Å². The number of fused-ring (bicyclic) bond motifs is 1. The van der Waals surface area contributed by atoms with Gasteiger partial charge < -0.3 is 59.9 Å². The van der Waals surface area contributed by atoms with Gasteiger partial charge in [0, 0.05) is 26.4 Å². The Bertz CT molecular complexity index is 2480. The minimum Gasteiger partial charge on any atom is -0.481 e. The second-order valence-electron chi connectivity index (χ2n) is 18.3. The Morgan fingerprint density at radius 2 is 1.32 bits per heavy atom. The van der Waals surface area contributed by atoms with E-state index in [9.17, 15) is 38.7 Å². The van der Waals surface area contributed by atoms with Crippen molar-refractivity contribution in [2.24, 2.45) is 33.7 Å².